The summed E-state index contributed by atoms with van der Waals surface area (Å²) in [5, 5.41) is 2.91. The van der Waals surface area contributed by atoms with Gasteiger partial charge in [0.1, 0.15) is 23.1 Å². The van der Waals surface area contributed by atoms with Gasteiger partial charge in [-0.2, -0.15) is 4.98 Å². The van der Waals surface area contributed by atoms with E-state index in [4.69, 9.17) is 43.7 Å². The Morgan fingerprint density at radius 3 is 2.64 bits per heavy atom. The van der Waals surface area contributed by atoms with E-state index in [-0.39, 0.29) is 18.2 Å². The fourth-order valence-corrected chi connectivity index (χ4v) is 5.51. The number of rotatable bonds is 11. The summed E-state index contributed by atoms with van der Waals surface area (Å²) in [6.07, 6.45) is -4.19. The number of aromatic nitrogens is 2. The molecule has 0 spiro atoms. The number of fused-ring (bicyclic) bond motifs is 1. The second kappa shape index (κ2) is 12.8. The van der Waals surface area contributed by atoms with E-state index in [2.05, 4.69) is 10.3 Å². The van der Waals surface area contributed by atoms with E-state index in [1.807, 2.05) is 0 Å². The van der Waals surface area contributed by atoms with Gasteiger partial charge in [0.25, 0.3) is 5.92 Å². The predicted molar refractivity (Wildman–Crippen MR) is 152 cm³/mol. The lowest BCUT2D eigenvalue weighted by molar-refractivity contribution is -0.119. The molecule has 4 aromatic rings. The number of furan rings is 1. The van der Waals surface area contributed by atoms with Crippen LogP contribution in [0.25, 0.3) is 11.0 Å². The SMILES string of the molecule is COc1cc(OC)c2oc(COC(=O)Nc3ccn([C@@H]4O[C@H](COP(=O)(Cl)Oc5ccccc5)CC4(F)F)c(=O)n3)cc2c1. The zero-order chi connectivity index (χ0) is 31.5. The highest BCUT2D eigenvalue weighted by atomic mass is 35.7. The number of carbonyl (C=O) groups excluding carboxylic acids is 1. The number of amides is 1. The number of hydrogen-bond acceptors (Lipinski definition) is 11. The molecule has 2 aromatic carbocycles. The van der Waals surface area contributed by atoms with E-state index >= 15 is 0 Å². The summed E-state index contributed by atoms with van der Waals surface area (Å²) >= 11 is 5.80. The molecule has 5 rings (SSSR count). The molecule has 1 aliphatic rings. The number of nitrogens with zero attached hydrogens (tertiary/aromatic N) is 2. The van der Waals surface area contributed by atoms with Crippen LogP contribution in [-0.2, 0) is 25.2 Å². The van der Waals surface area contributed by atoms with Gasteiger partial charge in [0.05, 0.1) is 26.9 Å². The first kappa shape index (κ1) is 31.3. The quantitative estimate of drug-likeness (QED) is 0.186. The summed E-state index contributed by atoms with van der Waals surface area (Å²) in [5.41, 5.74) is -0.711. The molecular formula is C27H25ClF2N3O10P. The first-order valence-corrected chi connectivity index (χ1v) is 15.3. The van der Waals surface area contributed by atoms with Gasteiger partial charge in [0.2, 0.25) is 6.23 Å². The molecule has 0 radical (unpaired) electrons. The maximum atomic E-state index is 14.8. The van der Waals surface area contributed by atoms with E-state index in [9.17, 15) is 22.9 Å². The highest BCUT2D eigenvalue weighted by Gasteiger charge is 2.52. The van der Waals surface area contributed by atoms with Gasteiger partial charge in [-0.05, 0) is 30.3 Å². The Kier molecular flexibility index (Phi) is 9.11. The predicted octanol–water partition coefficient (Wildman–Crippen LogP) is 6.12. The minimum absolute atomic E-state index is 0.160. The summed E-state index contributed by atoms with van der Waals surface area (Å²) in [6.45, 7) is -5.05. The van der Waals surface area contributed by atoms with Crippen molar-refractivity contribution in [2.45, 2.75) is 31.3 Å². The highest BCUT2D eigenvalue weighted by molar-refractivity contribution is 7.81. The van der Waals surface area contributed by atoms with Crippen LogP contribution in [-0.4, -0.2) is 48.5 Å². The normalized spacial score (nSPS) is 18.8. The monoisotopic (exact) mass is 655 g/mol. The van der Waals surface area contributed by atoms with Crippen LogP contribution >= 0.6 is 18.2 Å². The van der Waals surface area contributed by atoms with Crippen molar-refractivity contribution in [2.24, 2.45) is 0 Å². The fraction of sp³-hybridized carbons (Fsp3) is 0.296. The smallest absolute Gasteiger partial charge is 0.476 e. The van der Waals surface area contributed by atoms with Gasteiger partial charge in [-0.25, -0.2) is 22.9 Å². The number of alkyl halides is 2. The Labute approximate surface area is 252 Å². The molecule has 17 heteroatoms. The molecule has 1 unspecified atom stereocenters. The Bertz CT molecular complexity index is 1750. The topological polar surface area (TPSA) is 150 Å². The molecule has 1 saturated heterocycles. The van der Waals surface area contributed by atoms with Crippen molar-refractivity contribution in [3.63, 3.8) is 0 Å². The average molecular weight is 656 g/mol. The number of anilines is 1. The van der Waals surface area contributed by atoms with Crippen molar-refractivity contribution in [1.82, 2.24) is 9.55 Å². The second-order valence-corrected chi connectivity index (χ2v) is 11.9. The summed E-state index contributed by atoms with van der Waals surface area (Å²) in [5.74, 6) is -2.36. The molecule has 3 heterocycles. The maximum Gasteiger partial charge on any atom is 0.476 e. The second-order valence-electron chi connectivity index (χ2n) is 9.37. The van der Waals surface area contributed by atoms with Crippen LogP contribution in [0.2, 0.25) is 0 Å². The Balaban J connectivity index is 1.17. The van der Waals surface area contributed by atoms with Crippen LogP contribution in [0.3, 0.4) is 0 Å². The zero-order valence-corrected chi connectivity index (χ0v) is 24.8. The molecule has 0 aliphatic carbocycles. The van der Waals surface area contributed by atoms with Crippen LogP contribution in [0.1, 0.15) is 18.4 Å². The number of ether oxygens (including phenoxy) is 4. The fourth-order valence-electron chi connectivity index (χ4n) is 4.33. The molecule has 2 aromatic heterocycles. The molecule has 0 bridgehead atoms. The van der Waals surface area contributed by atoms with Gasteiger partial charge in [-0.3, -0.25) is 14.4 Å². The van der Waals surface area contributed by atoms with E-state index in [0.29, 0.717) is 32.8 Å². The van der Waals surface area contributed by atoms with E-state index < -0.39 is 50.0 Å². The van der Waals surface area contributed by atoms with Crippen LogP contribution in [0.15, 0.2) is 70.0 Å². The van der Waals surface area contributed by atoms with Gasteiger partial charge in [-0.15, -0.1) is 0 Å². The minimum Gasteiger partial charge on any atom is -0.497 e. The first-order valence-electron chi connectivity index (χ1n) is 12.9. The van der Waals surface area contributed by atoms with Crippen molar-refractivity contribution in [1.29, 1.82) is 0 Å². The maximum absolute atomic E-state index is 14.8. The molecule has 1 N–H and O–H groups in total. The summed E-state index contributed by atoms with van der Waals surface area (Å²) in [4.78, 5) is 28.6. The Morgan fingerprint density at radius 1 is 1.16 bits per heavy atom. The number of para-hydroxylation sites is 1. The average Bonchev–Trinajstić information content (AvgIpc) is 3.54. The summed E-state index contributed by atoms with van der Waals surface area (Å²) in [7, 11) is 2.97. The molecule has 234 valence electrons. The third kappa shape index (κ3) is 7.30. The van der Waals surface area contributed by atoms with E-state index in [1.54, 1.807) is 36.4 Å². The van der Waals surface area contributed by atoms with E-state index in [1.165, 1.54) is 26.4 Å². The molecule has 0 saturated carbocycles. The van der Waals surface area contributed by atoms with Crippen LogP contribution in [0, 0.1) is 0 Å². The lowest BCUT2D eigenvalue weighted by atomic mass is 10.2. The van der Waals surface area contributed by atoms with E-state index in [0.717, 1.165) is 12.3 Å². The summed E-state index contributed by atoms with van der Waals surface area (Å²) < 4.78 is 79.4. The molecule has 1 amide bonds. The van der Waals surface area contributed by atoms with Crippen molar-refractivity contribution in [2.75, 3.05) is 26.1 Å². The van der Waals surface area contributed by atoms with Crippen molar-refractivity contribution < 1.29 is 50.6 Å². The lowest BCUT2D eigenvalue weighted by Gasteiger charge is -2.20. The van der Waals surface area contributed by atoms with Gasteiger partial charge < -0.3 is 27.9 Å². The van der Waals surface area contributed by atoms with Gasteiger partial charge in [0.15, 0.2) is 17.9 Å². The molecule has 1 fully saturated rings. The Hall–Kier alpha value is -4.17. The first-order chi connectivity index (χ1) is 21.0. The largest absolute Gasteiger partial charge is 0.497 e. The van der Waals surface area contributed by atoms with Gasteiger partial charge >= 0.3 is 18.7 Å². The lowest BCUT2D eigenvalue weighted by Crippen LogP contribution is -2.35. The third-order valence-corrected chi connectivity index (χ3v) is 7.66. The molecule has 1 aliphatic heterocycles. The Morgan fingerprint density at radius 2 is 1.93 bits per heavy atom. The third-order valence-electron chi connectivity index (χ3n) is 6.28. The van der Waals surface area contributed by atoms with Crippen molar-refractivity contribution >= 4 is 41.1 Å². The molecular weight excluding hydrogens is 631 g/mol. The van der Waals surface area contributed by atoms with Gasteiger partial charge in [0, 0.05) is 35.3 Å². The van der Waals surface area contributed by atoms with Crippen molar-refractivity contribution in [3.05, 3.63) is 77.0 Å². The van der Waals surface area contributed by atoms with Crippen molar-refractivity contribution in [3.8, 4) is 17.2 Å². The molecule has 44 heavy (non-hydrogen) atoms. The minimum atomic E-state index is -4.17. The number of carbonyl (C=O) groups is 1. The molecule has 3 atom stereocenters. The zero-order valence-electron chi connectivity index (χ0n) is 23.1. The van der Waals surface area contributed by atoms with Crippen LogP contribution in [0.4, 0.5) is 19.4 Å². The highest BCUT2D eigenvalue weighted by Crippen LogP contribution is 2.54. The number of hydrogen-bond donors (Lipinski definition) is 1. The molecule has 13 nitrogen and oxygen atoms in total. The number of methoxy groups -OCH3 is 2. The number of nitrogens with one attached hydrogen (secondary N) is 1. The van der Waals surface area contributed by atoms with Crippen LogP contribution in [0.5, 0.6) is 17.2 Å². The van der Waals surface area contributed by atoms with Crippen LogP contribution < -0.4 is 25.0 Å². The summed E-state index contributed by atoms with van der Waals surface area (Å²) in [6, 6.07) is 14.0. The van der Waals surface area contributed by atoms with Gasteiger partial charge in [-0.1, -0.05) is 18.2 Å². The number of halogens is 3. The standard InChI is InChI=1S/C27H25ClF2N3O10P/c1-37-18-10-16-11-19(41-23(16)21(12-18)38-2)14-39-26(35)32-22-8-9-33(25(34)31-22)24-27(29,30)13-20(42-24)15-40-44(28,36)43-17-6-4-3-5-7-17/h3-12,20,24H,13-15H2,1-2H3,(H,31,32,34,35)/t20-,24+,44?/m0/s1. The number of benzene rings is 2.